The van der Waals surface area contributed by atoms with Gasteiger partial charge in [0.1, 0.15) is 0 Å². The summed E-state index contributed by atoms with van der Waals surface area (Å²) in [5, 5.41) is 0. The number of nitrogens with zero attached hydrogens (tertiary/aromatic N) is 1. The highest BCUT2D eigenvalue weighted by Crippen LogP contribution is 2.24. The molecule has 3 rings (SSSR count). The molecule has 0 spiro atoms. The lowest BCUT2D eigenvalue weighted by Crippen LogP contribution is -2.41. The fourth-order valence-corrected chi connectivity index (χ4v) is 3.53. The van der Waals surface area contributed by atoms with Gasteiger partial charge in [-0.15, -0.1) is 0 Å². The topological polar surface area (TPSA) is 20.3 Å². The monoisotopic (exact) mass is 373 g/mol. The maximum atomic E-state index is 13.2. The molecule has 0 atom stereocenters. The normalized spacial score (nSPS) is 18.4. The van der Waals surface area contributed by atoms with Crippen molar-refractivity contribution >= 4 is 17.9 Å². The molecule has 0 bridgehead atoms. The van der Waals surface area contributed by atoms with E-state index in [-0.39, 0.29) is 5.78 Å². The Hall–Kier alpha value is -2.45. The Balaban J connectivity index is 1.92. The highest BCUT2D eigenvalue weighted by atomic mass is 16.1. The minimum atomic E-state index is 0.177. The Morgan fingerprint density at radius 2 is 1.18 bits per heavy atom. The van der Waals surface area contributed by atoms with Crippen LogP contribution < -0.4 is 0 Å². The molecule has 0 radical (unpaired) electrons. The van der Waals surface area contributed by atoms with Crippen LogP contribution in [0.15, 0.2) is 59.7 Å². The molecule has 1 heterocycles. The van der Waals surface area contributed by atoms with Gasteiger partial charge in [-0.3, -0.25) is 9.69 Å². The third kappa shape index (κ3) is 4.88. The van der Waals surface area contributed by atoms with Crippen LogP contribution in [-0.4, -0.2) is 29.8 Å². The van der Waals surface area contributed by atoms with Crippen molar-refractivity contribution in [1.82, 2.24) is 4.90 Å². The van der Waals surface area contributed by atoms with E-state index in [0.717, 1.165) is 35.1 Å². The third-order valence-corrected chi connectivity index (χ3v) is 5.52. The molecule has 2 aromatic rings. The van der Waals surface area contributed by atoms with Crippen LogP contribution in [0.25, 0.3) is 12.2 Å². The number of hydrogen-bond acceptors (Lipinski definition) is 2. The van der Waals surface area contributed by atoms with Crippen molar-refractivity contribution in [3.63, 3.8) is 0 Å². The Bertz CT molecular complexity index is 800. The van der Waals surface area contributed by atoms with Crippen LogP contribution in [0.5, 0.6) is 0 Å². The van der Waals surface area contributed by atoms with E-state index in [2.05, 4.69) is 93.3 Å². The number of carbonyl (C=O) groups is 1. The van der Waals surface area contributed by atoms with E-state index in [1.165, 1.54) is 11.1 Å². The molecule has 1 fully saturated rings. The van der Waals surface area contributed by atoms with Gasteiger partial charge in [0.2, 0.25) is 0 Å². The molecule has 0 saturated carbocycles. The SMILES string of the molecule is CCc1ccc(/C=C2\CN(C(C)C)C/C(=C\c3ccc(CC)cc3)C2=O)cc1. The molecule has 1 aliphatic rings. The van der Waals surface area contributed by atoms with Gasteiger partial charge in [-0.25, -0.2) is 0 Å². The first-order valence-electron chi connectivity index (χ1n) is 10.4. The first kappa shape index (κ1) is 20.3. The lowest BCUT2D eigenvalue weighted by atomic mass is 9.93. The number of piperidine rings is 1. The summed E-state index contributed by atoms with van der Waals surface area (Å²) >= 11 is 0. The highest BCUT2D eigenvalue weighted by Gasteiger charge is 2.27. The summed E-state index contributed by atoms with van der Waals surface area (Å²) in [5.74, 6) is 0.177. The fourth-order valence-electron chi connectivity index (χ4n) is 3.53. The van der Waals surface area contributed by atoms with Crippen LogP contribution in [0.3, 0.4) is 0 Å². The number of ketones is 1. The van der Waals surface area contributed by atoms with Gasteiger partial charge in [0, 0.05) is 30.3 Å². The molecule has 0 aromatic heterocycles. The van der Waals surface area contributed by atoms with Gasteiger partial charge in [0.15, 0.2) is 5.78 Å². The maximum absolute atomic E-state index is 13.2. The van der Waals surface area contributed by atoms with Crippen LogP contribution >= 0.6 is 0 Å². The van der Waals surface area contributed by atoms with Crippen LogP contribution in [0, 0.1) is 0 Å². The Kier molecular flexibility index (Phi) is 6.64. The van der Waals surface area contributed by atoms with Crippen molar-refractivity contribution in [1.29, 1.82) is 0 Å². The Labute approximate surface area is 169 Å². The number of likely N-dealkylation sites (tertiary alicyclic amines) is 1. The van der Waals surface area contributed by atoms with Crippen molar-refractivity contribution in [3.8, 4) is 0 Å². The molecule has 28 heavy (non-hydrogen) atoms. The van der Waals surface area contributed by atoms with Crippen molar-refractivity contribution in [3.05, 3.63) is 81.9 Å². The lowest BCUT2D eigenvalue weighted by Gasteiger charge is -2.32. The first-order valence-corrected chi connectivity index (χ1v) is 10.4. The number of carbonyl (C=O) groups excluding carboxylic acids is 1. The van der Waals surface area contributed by atoms with Crippen molar-refractivity contribution in [2.45, 2.75) is 46.6 Å². The summed E-state index contributed by atoms with van der Waals surface area (Å²) in [6, 6.07) is 17.4. The zero-order chi connectivity index (χ0) is 20.1. The standard InChI is InChI=1S/C26H31NO/c1-5-20-7-11-22(12-8-20)15-24-17-27(19(3)4)18-25(26(24)28)16-23-13-9-21(6-2)10-14-23/h7-16,19H,5-6,17-18H2,1-4H3/b24-15+,25-16+. The van der Waals surface area contributed by atoms with E-state index in [1.807, 2.05) is 0 Å². The minimum Gasteiger partial charge on any atom is -0.292 e. The molecule has 1 saturated heterocycles. The number of hydrogen-bond donors (Lipinski definition) is 0. The summed E-state index contributed by atoms with van der Waals surface area (Å²) in [4.78, 5) is 15.5. The fraction of sp³-hybridized carbons (Fsp3) is 0.346. The van der Waals surface area contributed by atoms with Gasteiger partial charge < -0.3 is 0 Å². The summed E-state index contributed by atoms with van der Waals surface area (Å²) in [6.45, 7) is 10.1. The second kappa shape index (κ2) is 9.16. The van der Waals surface area contributed by atoms with Gasteiger partial charge >= 0.3 is 0 Å². The molecule has 0 unspecified atom stereocenters. The van der Waals surface area contributed by atoms with E-state index in [0.29, 0.717) is 19.1 Å². The number of Topliss-reactive ketones (excluding diaryl/α,β-unsaturated/α-hetero) is 1. The van der Waals surface area contributed by atoms with Gasteiger partial charge in [0.25, 0.3) is 0 Å². The zero-order valence-corrected chi connectivity index (χ0v) is 17.5. The minimum absolute atomic E-state index is 0.177. The molecule has 2 aromatic carbocycles. The van der Waals surface area contributed by atoms with Crippen LogP contribution in [-0.2, 0) is 17.6 Å². The van der Waals surface area contributed by atoms with Gasteiger partial charge in [-0.05, 0) is 61.1 Å². The van der Waals surface area contributed by atoms with Crippen molar-refractivity contribution < 1.29 is 4.79 Å². The van der Waals surface area contributed by atoms with E-state index < -0.39 is 0 Å². The summed E-state index contributed by atoms with van der Waals surface area (Å²) in [6.07, 6.45) is 6.18. The lowest BCUT2D eigenvalue weighted by molar-refractivity contribution is -0.113. The summed E-state index contributed by atoms with van der Waals surface area (Å²) < 4.78 is 0. The van der Waals surface area contributed by atoms with Gasteiger partial charge in [0.05, 0.1) is 0 Å². The second-order valence-corrected chi connectivity index (χ2v) is 7.86. The van der Waals surface area contributed by atoms with E-state index in [4.69, 9.17) is 0 Å². The first-order chi connectivity index (χ1) is 13.5. The predicted molar refractivity (Wildman–Crippen MR) is 119 cm³/mol. The van der Waals surface area contributed by atoms with Crippen LogP contribution in [0.4, 0.5) is 0 Å². The van der Waals surface area contributed by atoms with Crippen LogP contribution in [0.2, 0.25) is 0 Å². The smallest absolute Gasteiger partial charge is 0.187 e. The maximum Gasteiger partial charge on any atom is 0.187 e. The predicted octanol–water partition coefficient (Wildman–Crippen LogP) is 5.57. The van der Waals surface area contributed by atoms with Crippen LogP contribution in [0.1, 0.15) is 49.9 Å². The quantitative estimate of drug-likeness (QED) is 0.639. The van der Waals surface area contributed by atoms with Crippen molar-refractivity contribution in [2.75, 3.05) is 13.1 Å². The molecular weight excluding hydrogens is 342 g/mol. The molecule has 146 valence electrons. The highest BCUT2D eigenvalue weighted by molar-refractivity contribution is 6.14. The number of rotatable bonds is 5. The molecule has 1 aliphatic heterocycles. The molecule has 2 heteroatoms. The third-order valence-electron chi connectivity index (χ3n) is 5.52. The molecular formula is C26H31NO. The molecule has 2 nitrogen and oxygen atoms in total. The summed E-state index contributed by atoms with van der Waals surface area (Å²) in [5.41, 5.74) is 6.57. The van der Waals surface area contributed by atoms with E-state index >= 15 is 0 Å². The molecule has 0 amide bonds. The van der Waals surface area contributed by atoms with E-state index in [9.17, 15) is 4.79 Å². The number of benzene rings is 2. The summed E-state index contributed by atoms with van der Waals surface area (Å²) in [7, 11) is 0. The number of aryl methyl sites for hydroxylation is 2. The second-order valence-electron chi connectivity index (χ2n) is 7.86. The van der Waals surface area contributed by atoms with E-state index in [1.54, 1.807) is 0 Å². The molecule has 0 aliphatic carbocycles. The van der Waals surface area contributed by atoms with Gasteiger partial charge in [-0.2, -0.15) is 0 Å². The molecule has 0 N–H and O–H groups in total. The van der Waals surface area contributed by atoms with Crippen molar-refractivity contribution in [2.24, 2.45) is 0 Å². The Morgan fingerprint density at radius 1 is 0.786 bits per heavy atom. The zero-order valence-electron chi connectivity index (χ0n) is 17.5. The largest absolute Gasteiger partial charge is 0.292 e. The average Bonchev–Trinajstić information content (AvgIpc) is 2.71. The Morgan fingerprint density at radius 3 is 1.50 bits per heavy atom. The van der Waals surface area contributed by atoms with Gasteiger partial charge in [-0.1, -0.05) is 62.4 Å². The average molecular weight is 374 g/mol.